The molecule has 34 heavy (non-hydrogen) atoms. The molecule has 1 atom stereocenters. The molecular formula is C27H35N5O2. The molecule has 1 aliphatic carbocycles. The van der Waals surface area contributed by atoms with Crippen LogP contribution in [-0.2, 0) is 11.3 Å². The van der Waals surface area contributed by atoms with E-state index in [2.05, 4.69) is 24.1 Å². The zero-order chi connectivity index (χ0) is 24.2. The third kappa shape index (κ3) is 5.30. The van der Waals surface area contributed by atoms with Crippen molar-refractivity contribution in [2.75, 3.05) is 12.4 Å². The normalized spacial score (nSPS) is 19.0. The monoisotopic (exact) mass is 461 g/mol. The molecule has 0 saturated heterocycles. The van der Waals surface area contributed by atoms with Gasteiger partial charge < -0.3 is 15.8 Å². The Bertz CT molecular complexity index is 1110. The van der Waals surface area contributed by atoms with Crippen molar-refractivity contribution in [2.45, 2.75) is 59.0 Å². The first-order valence-corrected chi connectivity index (χ1v) is 12.1. The maximum Gasteiger partial charge on any atom is 0.242 e. The van der Waals surface area contributed by atoms with Gasteiger partial charge >= 0.3 is 0 Å². The average Bonchev–Trinajstić information content (AvgIpc) is 3.12. The predicted molar refractivity (Wildman–Crippen MR) is 135 cm³/mol. The molecule has 1 aromatic carbocycles. The largest absolute Gasteiger partial charge is 0.497 e. The van der Waals surface area contributed by atoms with Gasteiger partial charge in [0.1, 0.15) is 11.6 Å². The van der Waals surface area contributed by atoms with Gasteiger partial charge in [0.05, 0.1) is 25.4 Å². The molecule has 0 spiro atoms. The second kappa shape index (κ2) is 10.4. The number of aromatic nitrogens is 3. The number of aryl methyl sites for hydroxylation is 1. The number of carbonyl (C=O) groups excluding carboxylic acids is 1. The summed E-state index contributed by atoms with van der Waals surface area (Å²) in [6, 6.07) is 11.3. The minimum absolute atomic E-state index is 0.153. The van der Waals surface area contributed by atoms with Crippen LogP contribution < -0.4 is 15.8 Å². The molecule has 7 nitrogen and oxygen atoms in total. The molecule has 4 rings (SSSR count). The van der Waals surface area contributed by atoms with Crippen molar-refractivity contribution in [3.63, 3.8) is 0 Å². The van der Waals surface area contributed by atoms with E-state index in [-0.39, 0.29) is 11.8 Å². The number of rotatable bonds is 7. The lowest BCUT2D eigenvalue weighted by Gasteiger charge is -2.29. The van der Waals surface area contributed by atoms with Crippen LogP contribution in [0.4, 0.5) is 5.82 Å². The summed E-state index contributed by atoms with van der Waals surface area (Å²) < 4.78 is 7.25. The summed E-state index contributed by atoms with van der Waals surface area (Å²) in [6.07, 6.45) is 6.10. The number of anilines is 1. The topological polar surface area (TPSA) is 95.1 Å². The van der Waals surface area contributed by atoms with Crippen molar-refractivity contribution >= 4 is 11.7 Å². The minimum atomic E-state index is -0.491. The van der Waals surface area contributed by atoms with Crippen molar-refractivity contribution in [3.8, 4) is 16.9 Å². The number of carbonyl (C=O) groups is 1. The highest BCUT2D eigenvalue weighted by atomic mass is 16.5. The molecule has 0 bridgehead atoms. The van der Waals surface area contributed by atoms with Crippen LogP contribution in [0, 0.1) is 25.7 Å². The van der Waals surface area contributed by atoms with Gasteiger partial charge in [-0.25, -0.2) is 4.98 Å². The summed E-state index contributed by atoms with van der Waals surface area (Å²) in [4.78, 5) is 17.2. The highest BCUT2D eigenvalue weighted by Crippen LogP contribution is 2.31. The van der Waals surface area contributed by atoms with Crippen LogP contribution in [0.3, 0.4) is 0 Å². The van der Waals surface area contributed by atoms with Gasteiger partial charge in [0.15, 0.2) is 0 Å². The number of nitrogens with zero attached hydrogens (tertiary/aromatic N) is 3. The van der Waals surface area contributed by atoms with E-state index in [1.54, 1.807) is 13.3 Å². The molecule has 3 N–H and O–H groups in total. The van der Waals surface area contributed by atoms with E-state index in [1.807, 2.05) is 48.0 Å². The van der Waals surface area contributed by atoms with Crippen LogP contribution in [0.5, 0.6) is 5.75 Å². The fourth-order valence-corrected chi connectivity index (χ4v) is 4.86. The van der Waals surface area contributed by atoms with Crippen LogP contribution in [0.15, 0.2) is 42.6 Å². The highest BCUT2D eigenvalue weighted by Gasteiger charge is 2.28. The van der Waals surface area contributed by atoms with Crippen LogP contribution in [0.25, 0.3) is 11.1 Å². The summed E-state index contributed by atoms with van der Waals surface area (Å²) in [5.74, 6) is 2.18. The van der Waals surface area contributed by atoms with Gasteiger partial charge in [-0.3, -0.25) is 9.48 Å². The first-order chi connectivity index (χ1) is 16.4. The summed E-state index contributed by atoms with van der Waals surface area (Å²) >= 11 is 0. The second-order valence-electron chi connectivity index (χ2n) is 9.52. The minimum Gasteiger partial charge on any atom is -0.497 e. The molecule has 7 heteroatoms. The SMILES string of the molecule is COc1ccc(Cn2nc(C)c(-c3ccc(NC(=O)[C@@H](N)C4CCC(C)CC4)nc3)c2C)cc1. The smallest absolute Gasteiger partial charge is 0.242 e. The standard InChI is InChI=1S/C27H35N5O2/c1-17-5-9-21(10-6-17)26(28)27(33)30-24-14-11-22(15-29-24)25-18(2)31-32(19(25)3)16-20-7-12-23(34-4)13-8-20/h7-8,11-15,17,21,26H,5-6,9-10,16,28H2,1-4H3,(H,29,30,33)/t17?,21?,26-/m0/s1. The lowest BCUT2D eigenvalue weighted by atomic mass is 9.79. The van der Waals surface area contributed by atoms with E-state index in [0.717, 1.165) is 65.4 Å². The number of hydrogen-bond donors (Lipinski definition) is 2. The fraction of sp³-hybridized carbons (Fsp3) is 0.444. The van der Waals surface area contributed by atoms with Gasteiger partial charge in [-0.1, -0.05) is 31.9 Å². The quantitative estimate of drug-likeness (QED) is 0.531. The molecule has 2 heterocycles. The lowest BCUT2D eigenvalue weighted by Crippen LogP contribution is -2.43. The van der Waals surface area contributed by atoms with E-state index in [4.69, 9.17) is 15.6 Å². The molecule has 2 aromatic heterocycles. The van der Waals surface area contributed by atoms with E-state index in [0.29, 0.717) is 12.4 Å². The third-order valence-corrected chi connectivity index (χ3v) is 7.05. The van der Waals surface area contributed by atoms with Gasteiger partial charge in [0, 0.05) is 23.0 Å². The molecule has 1 aliphatic rings. The average molecular weight is 462 g/mol. The molecule has 1 fully saturated rings. The first kappa shape index (κ1) is 24.0. The molecule has 0 aliphatic heterocycles. The van der Waals surface area contributed by atoms with Crippen LogP contribution >= 0.6 is 0 Å². The summed E-state index contributed by atoms with van der Waals surface area (Å²) in [5, 5.41) is 7.65. The molecule has 0 unspecified atom stereocenters. The molecule has 180 valence electrons. The predicted octanol–water partition coefficient (Wildman–Crippen LogP) is 4.71. The Hall–Kier alpha value is -3.19. The van der Waals surface area contributed by atoms with Crippen molar-refractivity contribution in [3.05, 3.63) is 59.5 Å². The van der Waals surface area contributed by atoms with Crippen molar-refractivity contribution in [1.29, 1.82) is 0 Å². The zero-order valence-corrected chi connectivity index (χ0v) is 20.5. The highest BCUT2D eigenvalue weighted by molar-refractivity contribution is 5.94. The van der Waals surface area contributed by atoms with Crippen molar-refractivity contribution in [2.24, 2.45) is 17.6 Å². The van der Waals surface area contributed by atoms with Gasteiger partial charge in [0.2, 0.25) is 5.91 Å². The van der Waals surface area contributed by atoms with E-state index in [9.17, 15) is 4.79 Å². The van der Waals surface area contributed by atoms with E-state index >= 15 is 0 Å². The summed E-state index contributed by atoms with van der Waals surface area (Å²) in [7, 11) is 1.67. The number of ether oxygens (including phenoxy) is 1. The van der Waals surface area contributed by atoms with Crippen molar-refractivity contribution < 1.29 is 9.53 Å². The van der Waals surface area contributed by atoms with E-state index in [1.165, 1.54) is 0 Å². The Labute approximate surface area is 201 Å². The maximum atomic E-state index is 12.7. The molecule has 0 radical (unpaired) electrons. The number of methoxy groups -OCH3 is 1. The van der Waals surface area contributed by atoms with Gasteiger partial charge in [-0.05, 0) is 68.4 Å². The van der Waals surface area contributed by atoms with Crippen LogP contribution in [-0.4, -0.2) is 33.8 Å². The van der Waals surface area contributed by atoms with Gasteiger partial charge in [-0.15, -0.1) is 0 Å². The summed E-state index contributed by atoms with van der Waals surface area (Å²) in [6.45, 7) is 7.01. The molecule has 1 saturated carbocycles. The second-order valence-corrected chi connectivity index (χ2v) is 9.52. The molecule has 1 amide bonds. The van der Waals surface area contributed by atoms with Crippen LogP contribution in [0.1, 0.15) is 49.6 Å². The number of pyridine rings is 1. The Balaban J connectivity index is 1.43. The number of amides is 1. The van der Waals surface area contributed by atoms with Crippen LogP contribution in [0.2, 0.25) is 0 Å². The van der Waals surface area contributed by atoms with E-state index < -0.39 is 6.04 Å². The summed E-state index contributed by atoms with van der Waals surface area (Å²) in [5.41, 5.74) is 11.5. The zero-order valence-electron chi connectivity index (χ0n) is 20.5. The lowest BCUT2D eigenvalue weighted by molar-refractivity contribution is -0.118. The Morgan fingerprint density at radius 3 is 2.47 bits per heavy atom. The van der Waals surface area contributed by atoms with Gasteiger partial charge in [0.25, 0.3) is 0 Å². The maximum absolute atomic E-state index is 12.7. The first-order valence-electron chi connectivity index (χ1n) is 12.1. The molecular weight excluding hydrogens is 426 g/mol. The number of hydrogen-bond acceptors (Lipinski definition) is 5. The van der Waals surface area contributed by atoms with Crippen molar-refractivity contribution in [1.82, 2.24) is 14.8 Å². The Kier molecular flexibility index (Phi) is 7.32. The Morgan fingerprint density at radius 2 is 1.85 bits per heavy atom. The number of benzene rings is 1. The third-order valence-electron chi connectivity index (χ3n) is 7.05. The number of nitrogens with two attached hydrogens (primary N) is 1. The Morgan fingerprint density at radius 1 is 1.15 bits per heavy atom. The number of nitrogens with one attached hydrogen (secondary N) is 1. The fourth-order valence-electron chi connectivity index (χ4n) is 4.86. The molecule has 3 aromatic rings. The van der Waals surface area contributed by atoms with Gasteiger partial charge in [-0.2, -0.15) is 5.10 Å².